The summed E-state index contributed by atoms with van der Waals surface area (Å²) < 4.78 is 44.3. The number of benzene rings is 2. The summed E-state index contributed by atoms with van der Waals surface area (Å²) in [5.41, 5.74) is -0.192. The molecular weight excluding hydrogens is 297 g/mol. The molecule has 1 heterocycles. The zero-order chi connectivity index (χ0) is 15.9. The molecule has 0 atom stereocenters. The van der Waals surface area contributed by atoms with E-state index in [4.69, 9.17) is 9.52 Å². The topological polar surface area (TPSA) is 50.4 Å². The molecule has 0 radical (unpaired) electrons. The maximum absolute atomic E-state index is 13.1. The zero-order valence-electron chi connectivity index (χ0n) is 11.0. The first-order valence-electron chi connectivity index (χ1n) is 6.30. The summed E-state index contributed by atoms with van der Waals surface area (Å²) in [6.45, 7) is 0. The molecule has 22 heavy (non-hydrogen) atoms. The van der Waals surface area contributed by atoms with E-state index in [9.17, 15) is 18.0 Å². The average molecular weight is 306 g/mol. The molecule has 0 fully saturated rings. The Bertz CT molecular complexity index is 862. The van der Waals surface area contributed by atoms with Gasteiger partial charge in [0, 0.05) is 5.39 Å². The highest BCUT2D eigenvalue weighted by Crippen LogP contribution is 2.37. The molecule has 112 valence electrons. The van der Waals surface area contributed by atoms with E-state index in [2.05, 4.69) is 0 Å². The van der Waals surface area contributed by atoms with Gasteiger partial charge in [-0.3, -0.25) is 0 Å². The van der Waals surface area contributed by atoms with Gasteiger partial charge in [0.05, 0.1) is 5.56 Å². The first-order chi connectivity index (χ1) is 10.4. The molecule has 3 rings (SSSR count). The number of hydrogen-bond acceptors (Lipinski definition) is 2. The lowest BCUT2D eigenvalue weighted by molar-refractivity contribution is -0.137. The van der Waals surface area contributed by atoms with E-state index >= 15 is 0 Å². The molecule has 0 aliphatic heterocycles. The quantitative estimate of drug-likeness (QED) is 0.738. The van der Waals surface area contributed by atoms with Crippen LogP contribution in [0.15, 0.2) is 52.9 Å². The lowest BCUT2D eigenvalue weighted by atomic mass is 9.99. The van der Waals surface area contributed by atoms with Crippen LogP contribution in [0.5, 0.6) is 0 Å². The van der Waals surface area contributed by atoms with Crippen LogP contribution in [0.4, 0.5) is 13.2 Å². The molecule has 0 spiro atoms. The summed E-state index contributed by atoms with van der Waals surface area (Å²) in [7, 11) is 0. The van der Waals surface area contributed by atoms with Gasteiger partial charge < -0.3 is 9.52 Å². The summed E-state index contributed by atoms with van der Waals surface area (Å²) >= 11 is 0. The molecule has 3 nitrogen and oxygen atoms in total. The number of rotatable bonds is 2. The molecule has 0 unspecified atom stereocenters. The Kier molecular flexibility index (Phi) is 3.16. The second-order valence-corrected chi connectivity index (χ2v) is 4.71. The summed E-state index contributed by atoms with van der Waals surface area (Å²) in [4.78, 5) is 10.9. The smallest absolute Gasteiger partial charge is 0.417 e. The third kappa shape index (κ3) is 2.43. The Morgan fingerprint density at radius 2 is 1.77 bits per heavy atom. The molecule has 3 aromatic rings. The first-order valence-corrected chi connectivity index (χ1v) is 6.30. The van der Waals surface area contributed by atoms with Gasteiger partial charge >= 0.3 is 12.1 Å². The molecule has 1 aromatic heterocycles. The Labute approximate surface area is 122 Å². The van der Waals surface area contributed by atoms with Crippen molar-refractivity contribution in [3.05, 3.63) is 59.9 Å². The van der Waals surface area contributed by atoms with Gasteiger partial charge in [-0.2, -0.15) is 13.2 Å². The number of alkyl halides is 3. The fraction of sp³-hybridized carbons (Fsp3) is 0.0625. The average Bonchev–Trinajstić information content (AvgIpc) is 2.89. The highest BCUT2D eigenvalue weighted by molar-refractivity contribution is 5.93. The van der Waals surface area contributed by atoms with Crippen molar-refractivity contribution in [1.29, 1.82) is 0 Å². The molecule has 6 heteroatoms. The fourth-order valence-corrected chi connectivity index (χ4v) is 2.29. The number of halogens is 3. The van der Waals surface area contributed by atoms with Gasteiger partial charge in [0.2, 0.25) is 5.76 Å². The molecule has 0 aliphatic carbocycles. The standard InChI is InChI=1S/C16H9F3O3/c17-16(18,19)12-4-2-1-3-11(12)9-5-6-10-8-14(15(20)21)22-13(10)7-9/h1-8H,(H,20,21). The normalized spacial score (nSPS) is 11.8. The number of fused-ring (bicyclic) bond motifs is 1. The van der Waals surface area contributed by atoms with Crippen molar-refractivity contribution in [2.75, 3.05) is 0 Å². The zero-order valence-corrected chi connectivity index (χ0v) is 11.0. The SMILES string of the molecule is O=C(O)c1cc2ccc(-c3ccccc3C(F)(F)F)cc2o1. The van der Waals surface area contributed by atoms with Crippen LogP contribution in [0, 0.1) is 0 Å². The predicted octanol–water partition coefficient (Wildman–Crippen LogP) is 4.82. The van der Waals surface area contributed by atoms with Crippen LogP contribution in [0.2, 0.25) is 0 Å². The van der Waals surface area contributed by atoms with Crippen molar-refractivity contribution >= 4 is 16.9 Å². The Hall–Kier alpha value is -2.76. The van der Waals surface area contributed by atoms with Crippen molar-refractivity contribution in [2.24, 2.45) is 0 Å². The van der Waals surface area contributed by atoms with Gasteiger partial charge in [-0.25, -0.2) is 4.79 Å². The maximum Gasteiger partial charge on any atom is 0.417 e. The predicted molar refractivity (Wildman–Crippen MR) is 73.6 cm³/mol. The number of furan rings is 1. The fourth-order valence-electron chi connectivity index (χ4n) is 2.29. The van der Waals surface area contributed by atoms with Crippen molar-refractivity contribution in [3.63, 3.8) is 0 Å². The molecule has 0 saturated heterocycles. The van der Waals surface area contributed by atoms with Crippen LogP contribution in [-0.2, 0) is 6.18 Å². The minimum atomic E-state index is -4.47. The molecule has 2 aromatic carbocycles. The molecule has 0 saturated carbocycles. The minimum absolute atomic E-state index is 0.0187. The van der Waals surface area contributed by atoms with Gasteiger partial charge in [0.1, 0.15) is 5.58 Å². The Balaban J connectivity index is 2.17. The maximum atomic E-state index is 13.1. The van der Waals surface area contributed by atoms with E-state index in [0.29, 0.717) is 10.9 Å². The van der Waals surface area contributed by atoms with E-state index in [0.717, 1.165) is 6.07 Å². The third-order valence-corrected chi connectivity index (χ3v) is 3.27. The molecule has 1 N–H and O–H groups in total. The van der Waals surface area contributed by atoms with E-state index < -0.39 is 17.7 Å². The van der Waals surface area contributed by atoms with Gasteiger partial charge in [0.15, 0.2) is 0 Å². The van der Waals surface area contributed by atoms with Crippen LogP contribution in [0.1, 0.15) is 16.1 Å². The summed E-state index contributed by atoms with van der Waals surface area (Å²) in [5, 5.41) is 9.40. The van der Waals surface area contributed by atoms with Crippen LogP contribution in [-0.4, -0.2) is 11.1 Å². The van der Waals surface area contributed by atoms with Gasteiger partial charge in [-0.05, 0) is 29.3 Å². The third-order valence-electron chi connectivity index (χ3n) is 3.27. The molecule has 0 aliphatic rings. The highest BCUT2D eigenvalue weighted by Gasteiger charge is 2.33. The van der Waals surface area contributed by atoms with Crippen LogP contribution >= 0.6 is 0 Å². The van der Waals surface area contributed by atoms with Crippen molar-refractivity contribution in [2.45, 2.75) is 6.18 Å². The lowest BCUT2D eigenvalue weighted by Gasteiger charge is -2.12. The number of carboxylic acid groups (broad SMARTS) is 1. The van der Waals surface area contributed by atoms with Crippen LogP contribution < -0.4 is 0 Å². The number of carbonyl (C=O) groups is 1. The van der Waals surface area contributed by atoms with E-state index in [-0.39, 0.29) is 16.9 Å². The van der Waals surface area contributed by atoms with Crippen LogP contribution in [0.25, 0.3) is 22.1 Å². The van der Waals surface area contributed by atoms with E-state index in [1.54, 1.807) is 0 Å². The lowest BCUT2D eigenvalue weighted by Crippen LogP contribution is -2.06. The summed E-state index contributed by atoms with van der Waals surface area (Å²) in [5.74, 6) is -1.48. The number of aromatic carboxylic acids is 1. The van der Waals surface area contributed by atoms with Crippen LogP contribution in [0.3, 0.4) is 0 Å². The molecule has 0 amide bonds. The highest BCUT2D eigenvalue weighted by atomic mass is 19.4. The van der Waals surface area contributed by atoms with Crippen molar-refractivity contribution in [3.8, 4) is 11.1 Å². The minimum Gasteiger partial charge on any atom is -0.475 e. The number of hydrogen-bond donors (Lipinski definition) is 1. The van der Waals surface area contributed by atoms with Gasteiger partial charge in [0.25, 0.3) is 0 Å². The summed E-state index contributed by atoms with van der Waals surface area (Å²) in [6.07, 6.45) is -4.47. The largest absolute Gasteiger partial charge is 0.475 e. The Morgan fingerprint density at radius 1 is 1.05 bits per heavy atom. The monoisotopic (exact) mass is 306 g/mol. The Morgan fingerprint density at radius 3 is 2.45 bits per heavy atom. The van der Waals surface area contributed by atoms with E-state index in [1.807, 2.05) is 0 Å². The number of carboxylic acids is 1. The van der Waals surface area contributed by atoms with Gasteiger partial charge in [-0.1, -0.05) is 30.3 Å². The van der Waals surface area contributed by atoms with E-state index in [1.165, 1.54) is 42.5 Å². The van der Waals surface area contributed by atoms with Crippen molar-refractivity contribution < 1.29 is 27.5 Å². The van der Waals surface area contributed by atoms with Crippen molar-refractivity contribution in [1.82, 2.24) is 0 Å². The second kappa shape index (κ2) is 4.91. The van der Waals surface area contributed by atoms with Gasteiger partial charge in [-0.15, -0.1) is 0 Å². The first kappa shape index (κ1) is 14.2. The molecular formula is C16H9F3O3. The second-order valence-electron chi connectivity index (χ2n) is 4.71. The summed E-state index contributed by atoms with van der Waals surface area (Å²) in [6, 6.07) is 11.0. The molecule has 0 bridgehead atoms.